The van der Waals surface area contributed by atoms with E-state index in [1.165, 1.54) is 7.05 Å². The normalized spacial score (nSPS) is 12.3. The molecule has 0 saturated heterocycles. The molecule has 0 heterocycles. The Hall–Kier alpha value is -4.20. The summed E-state index contributed by atoms with van der Waals surface area (Å²) in [7, 11) is 1.51. The molecule has 0 aliphatic rings. The van der Waals surface area contributed by atoms with Crippen LogP contribution in [-0.2, 0) is 32.0 Å². The van der Waals surface area contributed by atoms with Gasteiger partial charge in [0.15, 0.2) is 0 Å². The maximum Gasteiger partial charge on any atom is 0.243 e. The first kappa shape index (κ1) is 28.4. The van der Waals surface area contributed by atoms with Gasteiger partial charge in [-0.3, -0.25) is 19.2 Å². The Morgan fingerprint density at radius 1 is 0.737 bits per heavy atom. The zero-order chi connectivity index (χ0) is 27.3. The SMILES string of the molecule is CNC(=O)CCC(NC(=O)CCc1ccccc1)C(=O)NC(C)C(=O)NCCc1cccc2ccccc12. The van der Waals surface area contributed by atoms with Crippen molar-refractivity contribution in [2.24, 2.45) is 0 Å². The van der Waals surface area contributed by atoms with E-state index in [1.807, 2.05) is 54.6 Å². The van der Waals surface area contributed by atoms with Crippen LogP contribution in [0, 0.1) is 0 Å². The van der Waals surface area contributed by atoms with E-state index in [-0.39, 0.29) is 37.0 Å². The number of benzene rings is 3. The van der Waals surface area contributed by atoms with E-state index in [2.05, 4.69) is 39.5 Å². The third-order valence-corrected chi connectivity index (χ3v) is 6.40. The van der Waals surface area contributed by atoms with Gasteiger partial charge in [-0.05, 0) is 48.1 Å². The highest BCUT2D eigenvalue weighted by Crippen LogP contribution is 2.18. The third-order valence-electron chi connectivity index (χ3n) is 6.40. The Kier molecular flexibility index (Phi) is 10.8. The fourth-order valence-corrected chi connectivity index (χ4v) is 4.20. The third kappa shape index (κ3) is 8.73. The smallest absolute Gasteiger partial charge is 0.243 e. The number of carbonyl (C=O) groups is 4. The van der Waals surface area contributed by atoms with Gasteiger partial charge < -0.3 is 21.3 Å². The molecule has 3 rings (SSSR count). The lowest BCUT2D eigenvalue weighted by Crippen LogP contribution is -2.53. The molecule has 4 amide bonds. The van der Waals surface area contributed by atoms with Crippen molar-refractivity contribution in [3.63, 3.8) is 0 Å². The van der Waals surface area contributed by atoms with Crippen molar-refractivity contribution in [2.45, 2.75) is 51.1 Å². The lowest BCUT2D eigenvalue weighted by atomic mass is 10.0. The molecule has 0 aromatic heterocycles. The maximum absolute atomic E-state index is 13.0. The highest BCUT2D eigenvalue weighted by molar-refractivity contribution is 5.92. The Bertz CT molecular complexity index is 1240. The number of hydrogen-bond acceptors (Lipinski definition) is 4. The summed E-state index contributed by atoms with van der Waals surface area (Å²) >= 11 is 0. The number of fused-ring (bicyclic) bond motifs is 1. The van der Waals surface area contributed by atoms with E-state index >= 15 is 0 Å². The second kappa shape index (κ2) is 14.5. The minimum atomic E-state index is -0.929. The zero-order valence-corrected chi connectivity index (χ0v) is 22.0. The number of rotatable bonds is 13. The topological polar surface area (TPSA) is 116 Å². The molecule has 0 fully saturated rings. The molecule has 0 radical (unpaired) electrons. The first-order chi connectivity index (χ1) is 18.4. The van der Waals surface area contributed by atoms with Crippen LogP contribution in [0.2, 0.25) is 0 Å². The van der Waals surface area contributed by atoms with Crippen molar-refractivity contribution in [3.05, 3.63) is 83.9 Å². The van der Waals surface area contributed by atoms with Crippen molar-refractivity contribution in [1.29, 1.82) is 0 Å². The number of amides is 4. The fraction of sp³-hybridized carbons (Fsp3) is 0.333. The van der Waals surface area contributed by atoms with Gasteiger partial charge in [0.25, 0.3) is 0 Å². The Morgan fingerprint density at radius 3 is 2.21 bits per heavy atom. The van der Waals surface area contributed by atoms with Crippen molar-refractivity contribution in [2.75, 3.05) is 13.6 Å². The van der Waals surface area contributed by atoms with Gasteiger partial charge in [0.1, 0.15) is 12.1 Å². The molecule has 0 aliphatic heterocycles. The van der Waals surface area contributed by atoms with Gasteiger partial charge in [-0.1, -0.05) is 72.8 Å². The highest BCUT2D eigenvalue weighted by atomic mass is 16.2. The first-order valence-corrected chi connectivity index (χ1v) is 13.0. The molecule has 4 N–H and O–H groups in total. The largest absolute Gasteiger partial charge is 0.359 e. The second-order valence-corrected chi connectivity index (χ2v) is 9.23. The average Bonchev–Trinajstić information content (AvgIpc) is 2.94. The highest BCUT2D eigenvalue weighted by Gasteiger charge is 2.25. The van der Waals surface area contributed by atoms with Crippen LogP contribution in [0.1, 0.15) is 37.3 Å². The van der Waals surface area contributed by atoms with Crippen molar-refractivity contribution >= 4 is 34.4 Å². The van der Waals surface area contributed by atoms with Crippen LogP contribution in [0.4, 0.5) is 0 Å². The van der Waals surface area contributed by atoms with Gasteiger partial charge in [0.2, 0.25) is 23.6 Å². The molecule has 3 aromatic rings. The van der Waals surface area contributed by atoms with Crippen molar-refractivity contribution in [1.82, 2.24) is 21.3 Å². The Morgan fingerprint density at radius 2 is 1.45 bits per heavy atom. The van der Waals surface area contributed by atoms with E-state index in [9.17, 15) is 19.2 Å². The molecule has 2 unspecified atom stereocenters. The second-order valence-electron chi connectivity index (χ2n) is 9.23. The van der Waals surface area contributed by atoms with Crippen LogP contribution in [0.15, 0.2) is 72.8 Å². The molecular weight excluding hydrogens is 480 g/mol. The van der Waals surface area contributed by atoms with Crippen LogP contribution in [0.3, 0.4) is 0 Å². The molecule has 8 nitrogen and oxygen atoms in total. The van der Waals surface area contributed by atoms with Crippen LogP contribution in [0.25, 0.3) is 10.8 Å². The molecular formula is C30H36N4O4. The molecule has 2 atom stereocenters. The predicted molar refractivity (Wildman–Crippen MR) is 148 cm³/mol. The van der Waals surface area contributed by atoms with Gasteiger partial charge in [-0.2, -0.15) is 0 Å². The van der Waals surface area contributed by atoms with Gasteiger partial charge in [0, 0.05) is 26.4 Å². The summed E-state index contributed by atoms with van der Waals surface area (Å²) in [6, 6.07) is 22.0. The van der Waals surface area contributed by atoms with Crippen molar-refractivity contribution in [3.8, 4) is 0 Å². The van der Waals surface area contributed by atoms with E-state index < -0.39 is 18.0 Å². The molecule has 200 valence electrons. The predicted octanol–water partition coefficient (Wildman–Crippen LogP) is 2.65. The Labute approximate surface area is 223 Å². The number of aryl methyl sites for hydroxylation is 1. The van der Waals surface area contributed by atoms with Gasteiger partial charge in [-0.25, -0.2) is 0 Å². The number of carbonyl (C=O) groups excluding carboxylic acids is 4. The molecule has 3 aromatic carbocycles. The van der Waals surface area contributed by atoms with Crippen LogP contribution < -0.4 is 21.3 Å². The molecule has 0 bridgehead atoms. The van der Waals surface area contributed by atoms with E-state index in [0.29, 0.717) is 19.4 Å². The summed E-state index contributed by atoms with van der Waals surface area (Å²) < 4.78 is 0. The summed E-state index contributed by atoms with van der Waals surface area (Å²) in [4.78, 5) is 50.0. The quantitative estimate of drug-likeness (QED) is 0.279. The Balaban J connectivity index is 1.51. The van der Waals surface area contributed by atoms with Crippen LogP contribution >= 0.6 is 0 Å². The summed E-state index contributed by atoms with van der Waals surface area (Å²) in [6.45, 7) is 2.02. The minimum absolute atomic E-state index is 0.0686. The minimum Gasteiger partial charge on any atom is -0.359 e. The summed E-state index contributed by atoms with van der Waals surface area (Å²) in [6.07, 6.45) is 1.58. The monoisotopic (exact) mass is 516 g/mol. The maximum atomic E-state index is 13.0. The van der Waals surface area contributed by atoms with Gasteiger partial charge >= 0.3 is 0 Å². The first-order valence-electron chi connectivity index (χ1n) is 13.0. The summed E-state index contributed by atoms with van der Waals surface area (Å²) in [5, 5.41) is 13.1. The number of nitrogens with one attached hydrogen (secondary N) is 4. The van der Waals surface area contributed by atoms with E-state index in [1.54, 1.807) is 6.92 Å². The van der Waals surface area contributed by atoms with Crippen molar-refractivity contribution < 1.29 is 19.2 Å². The van der Waals surface area contributed by atoms with Crippen LogP contribution in [0.5, 0.6) is 0 Å². The molecule has 0 aliphatic carbocycles. The lowest BCUT2D eigenvalue weighted by molar-refractivity contribution is -0.132. The summed E-state index contributed by atoms with van der Waals surface area (Å²) in [5.41, 5.74) is 2.15. The standard InChI is InChI=1S/C30H36N4O4/c1-21(29(37)32-20-19-24-13-8-12-23-11-6-7-14-25(23)24)33-30(38)26(16-18-27(35)31-2)34-28(36)17-15-22-9-4-3-5-10-22/h3-14,21,26H,15-20H2,1-2H3,(H,31,35)(H,32,37)(H,33,38)(H,34,36). The van der Waals surface area contributed by atoms with E-state index in [0.717, 1.165) is 21.9 Å². The average molecular weight is 517 g/mol. The molecule has 38 heavy (non-hydrogen) atoms. The fourth-order valence-electron chi connectivity index (χ4n) is 4.20. The molecule has 8 heteroatoms. The van der Waals surface area contributed by atoms with Crippen LogP contribution in [-0.4, -0.2) is 49.3 Å². The summed E-state index contributed by atoms with van der Waals surface area (Å²) in [5.74, 6) is -1.35. The van der Waals surface area contributed by atoms with Gasteiger partial charge in [-0.15, -0.1) is 0 Å². The molecule has 0 saturated carbocycles. The zero-order valence-electron chi connectivity index (χ0n) is 22.0. The van der Waals surface area contributed by atoms with E-state index in [4.69, 9.17) is 0 Å². The molecule has 0 spiro atoms. The number of hydrogen-bond donors (Lipinski definition) is 4. The lowest BCUT2D eigenvalue weighted by Gasteiger charge is -2.21. The van der Waals surface area contributed by atoms with Gasteiger partial charge in [0.05, 0.1) is 0 Å².